The van der Waals surface area contributed by atoms with E-state index in [0.29, 0.717) is 24.9 Å². The maximum absolute atomic E-state index is 14.2. The van der Waals surface area contributed by atoms with E-state index in [1.165, 1.54) is 6.07 Å². The summed E-state index contributed by atoms with van der Waals surface area (Å²) in [4.78, 5) is 16.1. The van der Waals surface area contributed by atoms with Crippen LogP contribution in [-0.2, 0) is 11.3 Å². The number of hydrogen-bond donors (Lipinski definition) is 3. The fourth-order valence-electron chi connectivity index (χ4n) is 3.09. The maximum atomic E-state index is 14.2. The van der Waals surface area contributed by atoms with Crippen molar-refractivity contribution in [2.75, 3.05) is 12.4 Å². The average molecular weight is 328 g/mol. The Kier molecular flexibility index (Phi) is 5.05. The molecule has 0 bridgehead atoms. The van der Waals surface area contributed by atoms with Crippen molar-refractivity contribution in [2.24, 2.45) is 0 Å². The van der Waals surface area contributed by atoms with Gasteiger partial charge in [0.15, 0.2) is 0 Å². The molecule has 126 valence electrons. The lowest BCUT2D eigenvalue weighted by Crippen LogP contribution is -2.48. The Labute approximate surface area is 140 Å². The van der Waals surface area contributed by atoms with Gasteiger partial charge in [0.1, 0.15) is 11.6 Å². The molecular formula is C18H21FN4O. The molecule has 2 heterocycles. The van der Waals surface area contributed by atoms with Crippen molar-refractivity contribution in [1.82, 2.24) is 15.6 Å². The molecule has 2 aromatic rings. The summed E-state index contributed by atoms with van der Waals surface area (Å²) in [6.45, 7) is 0.593. The molecule has 0 radical (unpaired) electrons. The number of hydrogen-bond acceptors (Lipinski definition) is 4. The van der Waals surface area contributed by atoms with Gasteiger partial charge >= 0.3 is 0 Å². The lowest BCUT2D eigenvalue weighted by molar-refractivity contribution is -0.123. The van der Waals surface area contributed by atoms with Crippen molar-refractivity contribution in [3.63, 3.8) is 0 Å². The molecule has 1 aromatic heterocycles. The van der Waals surface area contributed by atoms with Gasteiger partial charge in [0.2, 0.25) is 5.91 Å². The van der Waals surface area contributed by atoms with Gasteiger partial charge < -0.3 is 16.0 Å². The fourth-order valence-corrected chi connectivity index (χ4v) is 3.09. The van der Waals surface area contributed by atoms with Crippen molar-refractivity contribution < 1.29 is 9.18 Å². The van der Waals surface area contributed by atoms with E-state index in [4.69, 9.17) is 0 Å². The topological polar surface area (TPSA) is 66.0 Å². The number of benzene rings is 1. The van der Waals surface area contributed by atoms with Gasteiger partial charge in [-0.1, -0.05) is 24.3 Å². The first-order valence-corrected chi connectivity index (χ1v) is 8.08. The first kappa shape index (κ1) is 16.4. The predicted octanol–water partition coefficient (Wildman–Crippen LogP) is 2.37. The number of rotatable bonds is 5. The molecule has 1 aliphatic heterocycles. The second kappa shape index (κ2) is 7.40. The average Bonchev–Trinajstić information content (AvgIpc) is 2.61. The van der Waals surface area contributed by atoms with Crippen LogP contribution in [0.1, 0.15) is 30.0 Å². The lowest BCUT2D eigenvalue weighted by atomic mass is 9.91. The van der Waals surface area contributed by atoms with Gasteiger partial charge in [-0.25, -0.2) is 9.37 Å². The Bertz CT molecular complexity index is 722. The van der Waals surface area contributed by atoms with Crippen LogP contribution in [-0.4, -0.2) is 24.0 Å². The summed E-state index contributed by atoms with van der Waals surface area (Å²) >= 11 is 0. The van der Waals surface area contributed by atoms with Gasteiger partial charge in [0.25, 0.3) is 0 Å². The van der Waals surface area contributed by atoms with Gasteiger partial charge in [-0.05, 0) is 18.6 Å². The minimum absolute atomic E-state index is 0.0375. The van der Waals surface area contributed by atoms with Crippen LogP contribution in [0.25, 0.3) is 0 Å². The van der Waals surface area contributed by atoms with E-state index in [1.54, 1.807) is 24.4 Å². The number of aromatic nitrogens is 1. The van der Waals surface area contributed by atoms with Crippen LogP contribution in [0.4, 0.5) is 10.2 Å². The second-order valence-corrected chi connectivity index (χ2v) is 5.85. The summed E-state index contributed by atoms with van der Waals surface area (Å²) in [6, 6.07) is 10.1. The van der Waals surface area contributed by atoms with Crippen molar-refractivity contribution in [3.8, 4) is 0 Å². The quantitative estimate of drug-likeness (QED) is 0.788. The summed E-state index contributed by atoms with van der Waals surface area (Å²) < 4.78 is 14.2. The van der Waals surface area contributed by atoms with Crippen molar-refractivity contribution in [3.05, 3.63) is 59.5 Å². The number of nitrogens with one attached hydrogen (secondary N) is 3. The largest absolute Gasteiger partial charge is 0.373 e. The van der Waals surface area contributed by atoms with E-state index in [-0.39, 0.29) is 23.8 Å². The molecule has 2 atom stereocenters. The normalized spacial score (nSPS) is 20.5. The fraction of sp³-hybridized carbons (Fsp3) is 0.333. The Morgan fingerprint density at radius 3 is 2.92 bits per heavy atom. The van der Waals surface area contributed by atoms with Crippen LogP contribution in [0, 0.1) is 5.82 Å². The van der Waals surface area contributed by atoms with Crippen LogP contribution in [0.2, 0.25) is 0 Å². The molecule has 1 saturated heterocycles. The van der Waals surface area contributed by atoms with Crippen molar-refractivity contribution >= 4 is 11.7 Å². The second-order valence-electron chi connectivity index (χ2n) is 5.85. The predicted molar refractivity (Wildman–Crippen MR) is 90.9 cm³/mol. The molecule has 1 aliphatic rings. The summed E-state index contributed by atoms with van der Waals surface area (Å²) in [6.07, 6.45) is 2.84. The van der Waals surface area contributed by atoms with Gasteiger partial charge in [-0.15, -0.1) is 0 Å². The van der Waals surface area contributed by atoms with Crippen LogP contribution in [0.15, 0.2) is 42.6 Å². The van der Waals surface area contributed by atoms with Gasteiger partial charge in [-0.3, -0.25) is 4.79 Å². The summed E-state index contributed by atoms with van der Waals surface area (Å²) in [7, 11) is 1.83. The van der Waals surface area contributed by atoms with Crippen molar-refractivity contribution in [2.45, 2.75) is 31.5 Å². The lowest BCUT2D eigenvalue weighted by Gasteiger charge is -2.33. The highest BCUT2D eigenvalue weighted by molar-refractivity contribution is 5.77. The smallest absolute Gasteiger partial charge is 0.220 e. The molecule has 3 N–H and O–H groups in total. The number of carbonyl (C=O) groups is 1. The van der Waals surface area contributed by atoms with Crippen LogP contribution < -0.4 is 16.0 Å². The molecule has 0 saturated carbocycles. The van der Waals surface area contributed by atoms with Gasteiger partial charge in [0, 0.05) is 43.4 Å². The molecule has 1 aromatic carbocycles. The summed E-state index contributed by atoms with van der Waals surface area (Å²) in [5.74, 6) is 0.472. The molecule has 0 spiro atoms. The van der Waals surface area contributed by atoms with E-state index in [1.807, 2.05) is 19.2 Å². The van der Waals surface area contributed by atoms with Crippen LogP contribution >= 0.6 is 0 Å². The maximum Gasteiger partial charge on any atom is 0.220 e. The van der Waals surface area contributed by atoms with E-state index < -0.39 is 0 Å². The molecule has 0 aliphatic carbocycles. The summed E-state index contributed by atoms with van der Waals surface area (Å²) in [5, 5.41) is 9.42. The molecule has 24 heavy (non-hydrogen) atoms. The Hall–Kier alpha value is -2.47. The molecule has 0 unspecified atom stereocenters. The van der Waals surface area contributed by atoms with Crippen LogP contribution in [0.3, 0.4) is 0 Å². The molecule has 6 heteroatoms. The third-order valence-corrected chi connectivity index (χ3v) is 4.32. The van der Waals surface area contributed by atoms with E-state index in [2.05, 4.69) is 20.9 Å². The summed E-state index contributed by atoms with van der Waals surface area (Å²) in [5.41, 5.74) is 1.55. The number of nitrogens with zero attached hydrogens (tertiary/aromatic N) is 1. The Morgan fingerprint density at radius 1 is 1.29 bits per heavy atom. The Morgan fingerprint density at radius 2 is 2.12 bits per heavy atom. The zero-order chi connectivity index (χ0) is 16.9. The molecule has 5 nitrogen and oxygen atoms in total. The van der Waals surface area contributed by atoms with Gasteiger partial charge in [0.05, 0.1) is 6.04 Å². The van der Waals surface area contributed by atoms with Gasteiger partial charge in [-0.2, -0.15) is 0 Å². The molecule has 3 rings (SSSR count). The zero-order valence-corrected chi connectivity index (χ0v) is 13.6. The minimum atomic E-state index is -0.373. The number of amides is 1. The number of pyridine rings is 1. The standard InChI is InChI=1S/C18H21FN4O/c1-20-18-12(5-4-10-21-18)11-22-15-8-9-16(24)23-17(15)13-6-2-3-7-14(13)19/h2-7,10,15,17,22H,8-9,11H2,1H3,(H,20,21)(H,23,24)/t15-,17+/m1/s1. The first-order valence-electron chi connectivity index (χ1n) is 8.08. The highest BCUT2D eigenvalue weighted by atomic mass is 19.1. The van der Waals surface area contributed by atoms with E-state index >= 15 is 0 Å². The molecule has 1 amide bonds. The molecular weight excluding hydrogens is 307 g/mol. The van der Waals surface area contributed by atoms with Crippen LogP contribution in [0.5, 0.6) is 0 Å². The highest BCUT2D eigenvalue weighted by Gasteiger charge is 2.31. The number of carbonyl (C=O) groups excluding carboxylic acids is 1. The zero-order valence-electron chi connectivity index (χ0n) is 13.6. The number of halogens is 1. The Balaban J connectivity index is 1.77. The highest BCUT2D eigenvalue weighted by Crippen LogP contribution is 2.26. The SMILES string of the molecule is CNc1ncccc1CN[C@@H]1CCC(=O)N[C@H]1c1ccccc1F. The van der Waals surface area contributed by atoms with E-state index in [0.717, 1.165) is 11.4 Å². The molecule has 1 fully saturated rings. The monoisotopic (exact) mass is 328 g/mol. The third-order valence-electron chi connectivity index (χ3n) is 4.32. The van der Waals surface area contributed by atoms with Crippen molar-refractivity contribution in [1.29, 1.82) is 0 Å². The number of piperidine rings is 1. The first-order chi connectivity index (χ1) is 11.7. The third kappa shape index (κ3) is 3.54. The minimum Gasteiger partial charge on any atom is -0.373 e. The number of anilines is 1. The van der Waals surface area contributed by atoms with E-state index in [9.17, 15) is 9.18 Å².